The normalized spacial score (nSPS) is 22.1. The van der Waals surface area contributed by atoms with Gasteiger partial charge in [0.15, 0.2) is 0 Å². The summed E-state index contributed by atoms with van der Waals surface area (Å²) in [6.45, 7) is 6.29. The first-order valence-corrected chi connectivity index (χ1v) is 11.4. The number of carboxylic acids is 1. The number of halogens is 1. The third-order valence-corrected chi connectivity index (χ3v) is 6.87. The lowest BCUT2D eigenvalue weighted by Crippen LogP contribution is -2.25. The van der Waals surface area contributed by atoms with Gasteiger partial charge in [-0.15, -0.1) is 0 Å². The fraction of sp³-hybridized carbons (Fsp3) is 0.423. The van der Waals surface area contributed by atoms with Gasteiger partial charge in [0.05, 0.1) is 5.56 Å². The molecule has 3 unspecified atom stereocenters. The maximum atomic E-state index is 11.3. The molecule has 0 spiro atoms. The zero-order chi connectivity index (χ0) is 22.3. The third-order valence-electron chi connectivity index (χ3n) is 6.54. The van der Waals surface area contributed by atoms with Crippen LogP contribution in [-0.2, 0) is 0 Å². The highest BCUT2D eigenvalue weighted by atomic mass is 35.5. The largest absolute Gasteiger partial charge is 0.486 e. The summed E-state index contributed by atoms with van der Waals surface area (Å²) in [4.78, 5) is 11.3. The SMILES string of the molecule is C/C(=C(\N)C(C)C)C(Oc1ccc(C2CC2c2cccc(C(=O)O)c2)c(Cl)c1)C1CC1. The van der Waals surface area contributed by atoms with Crippen molar-refractivity contribution in [2.45, 2.75) is 58.0 Å². The lowest BCUT2D eigenvalue weighted by Gasteiger charge is -2.23. The molecular formula is C26H30ClNO3. The Bertz CT molecular complexity index is 1030. The number of carbonyl (C=O) groups is 1. The molecular weight excluding hydrogens is 410 g/mol. The van der Waals surface area contributed by atoms with E-state index in [4.69, 9.17) is 22.1 Å². The second kappa shape index (κ2) is 8.58. The van der Waals surface area contributed by atoms with Crippen molar-refractivity contribution in [2.75, 3.05) is 0 Å². The summed E-state index contributed by atoms with van der Waals surface area (Å²) in [6, 6.07) is 13.2. The van der Waals surface area contributed by atoms with Crippen molar-refractivity contribution in [3.8, 4) is 5.75 Å². The Balaban J connectivity index is 1.50. The number of allylic oxidation sites excluding steroid dienone is 1. The van der Waals surface area contributed by atoms with Gasteiger partial charge < -0.3 is 15.6 Å². The molecule has 2 aliphatic carbocycles. The lowest BCUT2D eigenvalue weighted by molar-refractivity contribution is 0.0696. The second-order valence-electron chi connectivity index (χ2n) is 9.23. The molecule has 4 rings (SSSR count). The fourth-order valence-electron chi connectivity index (χ4n) is 4.39. The van der Waals surface area contributed by atoms with Gasteiger partial charge in [0.1, 0.15) is 11.9 Å². The number of ether oxygens (including phenoxy) is 1. The lowest BCUT2D eigenvalue weighted by atomic mass is 9.99. The molecule has 3 N–H and O–H groups in total. The van der Waals surface area contributed by atoms with Gasteiger partial charge in [-0.1, -0.05) is 43.6 Å². The number of aromatic carboxylic acids is 1. The highest BCUT2D eigenvalue weighted by molar-refractivity contribution is 6.31. The van der Waals surface area contributed by atoms with E-state index < -0.39 is 5.97 Å². The van der Waals surface area contributed by atoms with Crippen LogP contribution in [0.4, 0.5) is 0 Å². The molecule has 0 saturated heterocycles. The van der Waals surface area contributed by atoms with Crippen LogP contribution in [0.5, 0.6) is 5.75 Å². The molecule has 31 heavy (non-hydrogen) atoms. The molecule has 164 valence electrons. The van der Waals surface area contributed by atoms with Crippen molar-refractivity contribution in [1.82, 2.24) is 0 Å². The van der Waals surface area contributed by atoms with Crippen LogP contribution in [0.25, 0.3) is 0 Å². The summed E-state index contributed by atoms with van der Waals surface area (Å²) in [5.41, 5.74) is 10.8. The van der Waals surface area contributed by atoms with E-state index in [9.17, 15) is 9.90 Å². The standard InChI is InChI=1S/C26H30ClNO3/c1-14(2)24(28)15(3)25(16-7-8-16)31-19-9-10-20(23(27)12-19)22-13-21(22)17-5-4-6-18(11-17)26(29)30/h4-6,9-12,14,16,21-22,25H,7-8,13,28H2,1-3H3,(H,29,30)/b24-15+. The maximum absolute atomic E-state index is 11.3. The number of carboxylic acid groups (broad SMARTS) is 1. The molecule has 0 bridgehead atoms. The smallest absolute Gasteiger partial charge is 0.335 e. The minimum Gasteiger partial charge on any atom is -0.486 e. The van der Waals surface area contributed by atoms with E-state index in [-0.39, 0.29) is 6.10 Å². The van der Waals surface area contributed by atoms with E-state index in [1.165, 1.54) is 12.8 Å². The summed E-state index contributed by atoms with van der Waals surface area (Å²) >= 11 is 6.66. The number of benzene rings is 2. The van der Waals surface area contributed by atoms with Gasteiger partial charge >= 0.3 is 5.97 Å². The molecule has 3 atom stereocenters. The summed E-state index contributed by atoms with van der Waals surface area (Å²) in [5, 5.41) is 9.94. The van der Waals surface area contributed by atoms with Gasteiger partial charge in [-0.25, -0.2) is 4.79 Å². The highest BCUT2D eigenvalue weighted by Crippen LogP contribution is 2.56. The maximum Gasteiger partial charge on any atom is 0.335 e. The number of nitrogens with two attached hydrogens (primary N) is 1. The van der Waals surface area contributed by atoms with Gasteiger partial charge in [-0.05, 0) is 90.8 Å². The summed E-state index contributed by atoms with van der Waals surface area (Å²) in [7, 11) is 0. The highest BCUT2D eigenvalue weighted by Gasteiger charge is 2.41. The second-order valence-corrected chi connectivity index (χ2v) is 9.64. The van der Waals surface area contributed by atoms with Crippen LogP contribution in [0.15, 0.2) is 53.7 Å². The Morgan fingerprint density at radius 2 is 1.90 bits per heavy atom. The average Bonchev–Trinajstić information content (AvgIpc) is 3.65. The van der Waals surface area contributed by atoms with Gasteiger partial charge in [0.25, 0.3) is 0 Å². The number of hydrogen-bond acceptors (Lipinski definition) is 3. The molecule has 2 fully saturated rings. The van der Waals surface area contributed by atoms with Crippen LogP contribution >= 0.6 is 11.6 Å². The molecule has 4 nitrogen and oxygen atoms in total. The van der Waals surface area contributed by atoms with E-state index in [0.717, 1.165) is 34.6 Å². The Morgan fingerprint density at radius 3 is 2.52 bits per heavy atom. The summed E-state index contributed by atoms with van der Waals surface area (Å²) in [5.74, 6) is 1.30. The van der Waals surface area contributed by atoms with E-state index in [2.05, 4.69) is 26.8 Å². The third kappa shape index (κ3) is 4.74. The van der Waals surface area contributed by atoms with Crippen LogP contribution in [0, 0.1) is 11.8 Å². The van der Waals surface area contributed by atoms with Gasteiger partial charge in [-0.3, -0.25) is 0 Å². The molecule has 0 aliphatic heterocycles. The molecule has 0 amide bonds. The monoisotopic (exact) mass is 439 g/mol. The zero-order valence-corrected chi connectivity index (χ0v) is 19.0. The summed E-state index contributed by atoms with van der Waals surface area (Å²) < 4.78 is 6.37. The predicted molar refractivity (Wildman–Crippen MR) is 124 cm³/mol. The van der Waals surface area contributed by atoms with Gasteiger partial charge in [0, 0.05) is 10.7 Å². The minimum atomic E-state index is -0.897. The molecule has 5 heteroatoms. The molecule has 2 aromatic carbocycles. The van der Waals surface area contributed by atoms with Crippen molar-refractivity contribution in [2.24, 2.45) is 17.6 Å². The van der Waals surface area contributed by atoms with Gasteiger partial charge in [-0.2, -0.15) is 0 Å². The molecule has 2 aliphatic rings. The van der Waals surface area contributed by atoms with Crippen molar-refractivity contribution < 1.29 is 14.6 Å². The quantitative estimate of drug-likeness (QED) is 0.502. The first kappa shape index (κ1) is 21.8. The van der Waals surface area contributed by atoms with Crippen LogP contribution < -0.4 is 10.5 Å². The average molecular weight is 440 g/mol. The minimum absolute atomic E-state index is 0.00301. The predicted octanol–water partition coefficient (Wildman–Crippen LogP) is 6.36. The fourth-order valence-corrected chi connectivity index (χ4v) is 4.71. The van der Waals surface area contributed by atoms with E-state index in [1.807, 2.05) is 24.3 Å². The number of hydrogen-bond donors (Lipinski definition) is 2. The molecule has 0 radical (unpaired) electrons. The Morgan fingerprint density at radius 1 is 1.16 bits per heavy atom. The van der Waals surface area contributed by atoms with E-state index >= 15 is 0 Å². The van der Waals surface area contributed by atoms with Gasteiger partial charge in [0.2, 0.25) is 0 Å². The Kier molecular flexibility index (Phi) is 6.02. The van der Waals surface area contributed by atoms with Crippen LogP contribution in [0.1, 0.15) is 73.4 Å². The van der Waals surface area contributed by atoms with Crippen LogP contribution in [-0.4, -0.2) is 17.2 Å². The Hall–Kier alpha value is -2.46. The van der Waals surface area contributed by atoms with Crippen molar-refractivity contribution in [1.29, 1.82) is 0 Å². The van der Waals surface area contributed by atoms with Crippen molar-refractivity contribution >= 4 is 17.6 Å². The van der Waals surface area contributed by atoms with E-state index in [0.29, 0.717) is 34.3 Å². The zero-order valence-electron chi connectivity index (χ0n) is 18.3. The topological polar surface area (TPSA) is 72.5 Å². The molecule has 0 aromatic heterocycles. The molecule has 0 heterocycles. The molecule has 2 saturated carbocycles. The Labute approximate surface area is 189 Å². The molecule has 2 aromatic rings. The number of rotatable bonds is 8. The van der Waals surface area contributed by atoms with Crippen LogP contribution in [0.2, 0.25) is 5.02 Å². The van der Waals surface area contributed by atoms with E-state index in [1.54, 1.807) is 12.1 Å². The first-order chi connectivity index (χ1) is 14.8. The van der Waals surface area contributed by atoms with Crippen molar-refractivity contribution in [3.63, 3.8) is 0 Å². The first-order valence-electron chi connectivity index (χ1n) is 11.0. The summed E-state index contributed by atoms with van der Waals surface area (Å²) in [6.07, 6.45) is 3.30. The van der Waals surface area contributed by atoms with Crippen molar-refractivity contribution in [3.05, 3.63) is 75.4 Å². The van der Waals surface area contributed by atoms with Crippen LogP contribution in [0.3, 0.4) is 0 Å².